The first-order valence-corrected chi connectivity index (χ1v) is 3.55. The van der Waals surface area contributed by atoms with Gasteiger partial charge in [-0.25, -0.2) is 4.98 Å². The van der Waals surface area contributed by atoms with Gasteiger partial charge in [0.15, 0.2) is 0 Å². The average molecular weight is 163 g/mol. The van der Waals surface area contributed by atoms with Crippen molar-refractivity contribution in [3.05, 3.63) is 18.7 Å². The lowest BCUT2D eigenvalue weighted by Crippen LogP contribution is -1.95. The minimum absolute atomic E-state index is 0.654. The first-order chi connectivity index (χ1) is 5.79. The van der Waals surface area contributed by atoms with Crippen molar-refractivity contribution in [2.45, 2.75) is 0 Å². The van der Waals surface area contributed by atoms with Crippen LogP contribution in [0.1, 0.15) is 0 Å². The van der Waals surface area contributed by atoms with Crippen molar-refractivity contribution in [1.29, 1.82) is 0 Å². The highest BCUT2D eigenvalue weighted by Gasteiger charge is 2.08. The molecule has 0 saturated carbocycles. The molecule has 0 aliphatic heterocycles. The lowest BCUT2D eigenvalue weighted by atomic mass is 10.3. The van der Waals surface area contributed by atoms with E-state index in [0.29, 0.717) is 5.69 Å². The zero-order valence-electron chi connectivity index (χ0n) is 6.65. The molecule has 5 nitrogen and oxygen atoms in total. The van der Waals surface area contributed by atoms with Gasteiger partial charge in [0.05, 0.1) is 30.1 Å². The largest absolute Gasteiger partial charge is 0.396 e. The van der Waals surface area contributed by atoms with E-state index in [9.17, 15) is 0 Å². The van der Waals surface area contributed by atoms with Gasteiger partial charge in [-0.2, -0.15) is 5.10 Å². The second-order valence-electron chi connectivity index (χ2n) is 2.54. The Morgan fingerprint density at radius 2 is 2.33 bits per heavy atom. The summed E-state index contributed by atoms with van der Waals surface area (Å²) in [6.45, 7) is 0. The zero-order chi connectivity index (χ0) is 8.55. The highest BCUT2D eigenvalue weighted by atomic mass is 15.3. The molecule has 0 spiro atoms. The fourth-order valence-corrected chi connectivity index (χ4v) is 1.17. The van der Waals surface area contributed by atoms with Gasteiger partial charge in [0, 0.05) is 7.05 Å². The van der Waals surface area contributed by atoms with E-state index in [-0.39, 0.29) is 0 Å². The van der Waals surface area contributed by atoms with Crippen molar-refractivity contribution in [3.8, 4) is 11.4 Å². The van der Waals surface area contributed by atoms with Crippen molar-refractivity contribution in [2.24, 2.45) is 7.05 Å². The number of hydrogen-bond donors (Lipinski definition) is 2. The van der Waals surface area contributed by atoms with Crippen molar-refractivity contribution in [3.63, 3.8) is 0 Å². The molecule has 0 fully saturated rings. The predicted octanol–water partition coefficient (Wildman–Crippen LogP) is 0.392. The minimum Gasteiger partial charge on any atom is -0.396 e. The number of nitrogens with one attached hydrogen (secondary N) is 1. The third-order valence-electron chi connectivity index (χ3n) is 1.72. The Kier molecular flexibility index (Phi) is 1.36. The molecule has 2 rings (SSSR count). The Balaban J connectivity index is 2.60. The molecule has 2 aromatic heterocycles. The zero-order valence-corrected chi connectivity index (χ0v) is 6.65. The summed E-state index contributed by atoms with van der Waals surface area (Å²) < 4.78 is 1.71. The Labute approximate surface area is 69.2 Å². The van der Waals surface area contributed by atoms with Gasteiger partial charge in [-0.3, -0.25) is 4.68 Å². The maximum Gasteiger partial charge on any atom is 0.109 e. The number of nitrogens with two attached hydrogens (primary N) is 1. The maximum absolute atomic E-state index is 5.70. The van der Waals surface area contributed by atoms with E-state index >= 15 is 0 Å². The van der Waals surface area contributed by atoms with Crippen LogP contribution in [0.4, 0.5) is 5.69 Å². The Hall–Kier alpha value is -1.78. The number of aromatic amines is 1. The Morgan fingerprint density at radius 3 is 2.83 bits per heavy atom. The van der Waals surface area contributed by atoms with Crippen LogP contribution < -0.4 is 5.73 Å². The monoisotopic (exact) mass is 163 g/mol. The summed E-state index contributed by atoms with van der Waals surface area (Å²) in [5.41, 5.74) is 8.11. The molecular formula is C7H9N5. The van der Waals surface area contributed by atoms with Crippen molar-refractivity contribution < 1.29 is 0 Å². The van der Waals surface area contributed by atoms with Crippen LogP contribution in [0.15, 0.2) is 18.7 Å². The summed E-state index contributed by atoms with van der Waals surface area (Å²) >= 11 is 0. The van der Waals surface area contributed by atoms with Gasteiger partial charge in [-0.1, -0.05) is 0 Å². The molecule has 5 heteroatoms. The third-order valence-corrected chi connectivity index (χ3v) is 1.72. The van der Waals surface area contributed by atoms with E-state index < -0.39 is 0 Å². The van der Waals surface area contributed by atoms with Crippen LogP contribution in [0.2, 0.25) is 0 Å². The predicted molar refractivity (Wildman–Crippen MR) is 45.2 cm³/mol. The summed E-state index contributed by atoms with van der Waals surface area (Å²) in [6.07, 6.45) is 4.95. The number of anilines is 1. The van der Waals surface area contributed by atoms with E-state index in [1.807, 2.05) is 7.05 Å². The Morgan fingerprint density at radius 1 is 1.50 bits per heavy atom. The molecule has 3 N–H and O–H groups in total. The summed E-state index contributed by atoms with van der Waals surface area (Å²) in [7, 11) is 1.84. The normalized spacial score (nSPS) is 10.4. The summed E-state index contributed by atoms with van der Waals surface area (Å²) in [4.78, 5) is 6.88. The molecule has 0 bridgehead atoms. The van der Waals surface area contributed by atoms with Gasteiger partial charge < -0.3 is 10.7 Å². The second-order valence-corrected chi connectivity index (χ2v) is 2.54. The van der Waals surface area contributed by atoms with Crippen LogP contribution in [0.3, 0.4) is 0 Å². The molecule has 62 valence electrons. The number of H-pyrrole nitrogens is 1. The molecule has 2 aromatic rings. The maximum atomic E-state index is 5.70. The smallest absolute Gasteiger partial charge is 0.109 e. The fourth-order valence-electron chi connectivity index (χ4n) is 1.17. The molecule has 2 heterocycles. The number of aryl methyl sites for hydroxylation is 1. The molecule has 0 amide bonds. The van der Waals surface area contributed by atoms with Crippen molar-refractivity contribution in [1.82, 2.24) is 19.7 Å². The van der Waals surface area contributed by atoms with E-state index in [2.05, 4.69) is 15.1 Å². The van der Waals surface area contributed by atoms with Gasteiger partial charge in [0.25, 0.3) is 0 Å². The minimum atomic E-state index is 0.654. The van der Waals surface area contributed by atoms with Crippen LogP contribution in [-0.4, -0.2) is 19.7 Å². The summed E-state index contributed by atoms with van der Waals surface area (Å²) in [6, 6.07) is 0. The van der Waals surface area contributed by atoms with E-state index in [1.165, 1.54) is 0 Å². The van der Waals surface area contributed by atoms with Crippen LogP contribution in [0.5, 0.6) is 0 Å². The number of rotatable bonds is 1. The SMILES string of the molecule is Cn1ncc(N)c1-c1cnc[nH]1. The third kappa shape index (κ3) is 0.868. The number of aromatic nitrogens is 4. The topological polar surface area (TPSA) is 72.5 Å². The van der Waals surface area contributed by atoms with Crippen LogP contribution in [-0.2, 0) is 7.05 Å². The van der Waals surface area contributed by atoms with Gasteiger partial charge in [-0.05, 0) is 0 Å². The van der Waals surface area contributed by atoms with Gasteiger partial charge in [0.1, 0.15) is 5.69 Å². The number of hydrogen-bond acceptors (Lipinski definition) is 3. The van der Waals surface area contributed by atoms with Gasteiger partial charge >= 0.3 is 0 Å². The fraction of sp³-hybridized carbons (Fsp3) is 0.143. The molecule has 12 heavy (non-hydrogen) atoms. The van der Waals surface area contributed by atoms with Crippen LogP contribution in [0, 0.1) is 0 Å². The van der Waals surface area contributed by atoms with Crippen LogP contribution >= 0.6 is 0 Å². The highest BCUT2D eigenvalue weighted by molar-refractivity contribution is 5.68. The average Bonchev–Trinajstić information content (AvgIpc) is 2.61. The van der Waals surface area contributed by atoms with Gasteiger partial charge in [-0.15, -0.1) is 0 Å². The molecule has 0 aliphatic rings. The second kappa shape index (κ2) is 2.37. The molecular weight excluding hydrogens is 154 g/mol. The highest BCUT2D eigenvalue weighted by Crippen LogP contribution is 2.21. The number of imidazole rings is 1. The first-order valence-electron chi connectivity index (χ1n) is 3.55. The number of nitrogen functional groups attached to an aromatic ring is 1. The van der Waals surface area contributed by atoms with Crippen molar-refractivity contribution >= 4 is 5.69 Å². The molecule has 0 aromatic carbocycles. The lowest BCUT2D eigenvalue weighted by Gasteiger charge is -1.98. The molecule has 0 aliphatic carbocycles. The van der Waals surface area contributed by atoms with E-state index in [1.54, 1.807) is 23.4 Å². The molecule has 0 saturated heterocycles. The van der Waals surface area contributed by atoms with Crippen LogP contribution in [0.25, 0.3) is 11.4 Å². The molecule has 0 atom stereocenters. The standard InChI is InChI=1S/C7H9N5/c1-12-7(5(8)2-11-12)6-3-9-4-10-6/h2-4H,8H2,1H3,(H,9,10). The molecule has 0 radical (unpaired) electrons. The number of nitrogens with zero attached hydrogens (tertiary/aromatic N) is 3. The summed E-state index contributed by atoms with van der Waals surface area (Å²) in [5, 5.41) is 4.02. The summed E-state index contributed by atoms with van der Waals surface area (Å²) in [5.74, 6) is 0. The first kappa shape index (κ1) is 6.90. The quantitative estimate of drug-likeness (QED) is 0.638. The van der Waals surface area contributed by atoms with E-state index in [0.717, 1.165) is 11.4 Å². The lowest BCUT2D eigenvalue weighted by molar-refractivity contribution is 0.774. The molecule has 0 unspecified atom stereocenters. The Bertz CT molecular complexity index is 353. The van der Waals surface area contributed by atoms with E-state index in [4.69, 9.17) is 5.73 Å². The van der Waals surface area contributed by atoms with Crippen molar-refractivity contribution in [2.75, 3.05) is 5.73 Å². The van der Waals surface area contributed by atoms with Gasteiger partial charge in [0.2, 0.25) is 0 Å².